The number of hydrogen-bond acceptors (Lipinski definition) is 6. The smallest absolute Gasteiger partial charge is 0.408 e. The van der Waals surface area contributed by atoms with E-state index in [9.17, 15) is 15.3 Å². The molecule has 1 aliphatic heterocycles. The van der Waals surface area contributed by atoms with Gasteiger partial charge in [0, 0.05) is 16.6 Å². The number of benzene rings is 1. The molecule has 2 heterocycles. The number of nitriles is 2. The number of thioether (sulfide) groups is 1. The SMILES string of the molecule is CC(C)(C)OC(=O)N[C@@H](c1ccco1)[C@H]1CSc2ccccc2C1=C(C#N)C#N. The molecule has 2 aromatic rings. The number of amides is 1. The van der Waals surface area contributed by atoms with E-state index in [-0.39, 0.29) is 11.5 Å². The molecule has 0 saturated heterocycles. The predicted octanol–water partition coefficient (Wildman–Crippen LogP) is 5.07. The molecule has 29 heavy (non-hydrogen) atoms. The lowest BCUT2D eigenvalue weighted by Gasteiger charge is -2.33. The van der Waals surface area contributed by atoms with Gasteiger partial charge >= 0.3 is 6.09 Å². The summed E-state index contributed by atoms with van der Waals surface area (Å²) in [6, 6.07) is 14.6. The van der Waals surface area contributed by atoms with Gasteiger partial charge in [-0.3, -0.25) is 0 Å². The van der Waals surface area contributed by atoms with E-state index in [1.54, 1.807) is 44.7 Å². The third kappa shape index (κ3) is 4.64. The van der Waals surface area contributed by atoms with Crippen molar-refractivity contribution in [2.75, 3.05) is 5.75 Å². The van der Waals surface area contributed by atoms with Gasteiger partial charge in [-0.2, -0.15) is 10.5 Å². The second kappa shape index (κ2) is 8.46. The summed E-state index contributed by atoms with van der Waals surface area (Å²) in [7, 11) is 0. The molecule has 0 fully saturated rings. The van der Waals surface area contributed by atoms with Gasteiger partial charge < -0.3 is 14.5 Å². The molecular weight excluding hydrogens is 386 g/mol. The van der Waals surface area contributed by atoms with Crippen molar-refractivity contribution in [2.24, 2.45) is 5.92 Å². The van der Waals surface area contributed by atoms with E-state index in [2.05, 4.69) is 5.32 Å². The average molecular weight is 407 g/mol. The Bertz CT molecular complexity index is 991. The zero-order valence-corrected chi connectivity index (χ0v) is 17.2. The maximum Gasteiger partial charge on any atom is 0.408 e. The Morgan fingerprint density at radius 2 is 1.97 bits per heavy atom. The van der Waals surface area contributed by atoms with E-state index in [4.69, 9.17) is 9.15 Å². The number of carbonyl (C=O) groups is 1. The summed E-state index contributed by atoms with van der Waals surface area (Å²) in [5.41, 5.74) is 0.816. The van der Waals surface area contributed by atoms with E-state index in [1.165, 1.54) is 6.26 Å². The number of rotatable bonds is 3. The number of allylic oxidation sites excluding steroid dienone is 1. The molecule has 148 valence electrons. The summed E-state index contributed by atoms with van der Waals surface area (Å²) in [5.74, 6) is 0.761. The largest absolute Gasteiger partial charge is 0.467 e. The van der Waals surface area contributed by atoms with Crippen molar-refractivity contribution in [1.82, 2.24) is 5.32 Å². The maximum absolute atomic E-state index is 12.5. The molecule has 0 spiro atoms. The summed E-state index contributed by atoms with van der Waals surface area (Å²) in [6.45, 7) is 5.36. The fraction of sp³-hybridized carbons (Fsp3) is 0.318. The van der Waals surface area contributed by atoms with Crippen LogP contribution in [0, 0.1) is 28.6 Å². The van der Waals surface area contributed by atoms with Crippen LogP contribution in [0.15, 0.2) is 57.5 Å². The van der Waals surface area contributed by atoms with Crippen LogP contribution >= 0.6 is 11.8 Å². The second-order valence-corrected chi connectivity index (χ2v) is 8.63. The Labute approximate surface area is 174 Å². The minimum atomic E-state index is -0.658. The zero-order chi connectivity index (χ0) is 21.0. The highest BCUT2D eigenvalue weighted by Gasteiger charge is 2.37. The molecule has 0 saturated carbocycles. The van der Waals surface area contributed by atoms with E-state index in [0.29, 0.717) is 17.1 Å². The molecule has 1 aliphatic rings. The summed E-state index contributed by atoms with van der Waals surface area (Å²) >= 11 is 1.62. The molecule has 3 rings (SSSR count). The molecule has 6 nitrogen and oxygen atoms in total. The first-order chi connectivity index (χ1) is 13.8. The zero-order valence-electron chi connectivity index (χ0n) is 16.4. The summed E-state index contributed by atoms with van der Waals surface area (Å²) in [5, 5.41) is 22.1. The number of nitrogens with one attached hydrogen (secondary N) is 1. The van der Waals surface area contributed by atoms with Gasteiger partial charge in [0.1, 0.15) is 29.1 Å². The van der Waals surface area contributed by atoms with E-state index in [0.717, 1.165) is 10.5 Å². The molecule has 0 radical (unpaired) electrons. The predicted molar refractivity (Wildman–Crippen MR) is 110 cm³/mol. The number of carbonyl (C=O) groups excluding carboxylic acids is 1. The Hall–Kier alpha value is -3.16. The topological polar surface area (TPSA) is 99.0 Å². The van der Waals surface area contributed by atoms with Crippen LogP contribution in [0.2, 0.25) is 0 Å². The number of furan rings is 1. The molecule has 0 unspecified atom stereocenters. The number of ether oxygens (including phenoxy) is 1. The Morgan fingerprint density at radius 3 is 2.59 bits per heavy atom. The van der Waals surface area contributed by atoms with Crippen LogP contribution in [0.4, 0.5) is 4.79 Å². The van der Waals surface area contributed by atoms with Gasteiger partial charge in [0.2, 0.25) is 0 Å². The van der Waals surface area contributed by atoms with Crippen molar-refractivity contribution in [3.05, 3.63) is 59.6 Å². The van der Waals surface area contributed by atoms with Crippen LogP contribution in [0.5, 0.6) is 0 Å². The molecule has 2 atom stereocenters. The minimum Gasteiger partial charge on any atom is -0.467 e. The van der Waals surface area contributed by atoms with Crippen LogP contribution in [0.25, 0.3) is 5.57 Å². The van der Waals surface area contributed by atoms with Crippen LogP contribution in [-0.4, -0.2) is 17.4 Å². The lowest BCUT2D eigenvalue weighted by Crippen LogP contribution is -2.39. The van der Waals surface area contributed by atoms with E-state index in [1.807, 2.05) is 36.4 Å². The third-order valence-electron chi connectivity index (χ3n) is 4.38. The van der Waals surface area contributed by atoms with E-state index < -0.39 is 17.7 Å². The quantitative estimate of drug-likeness (QED) is 0.713. The van der Waals surface area contributed by atoms with Gasteiger partial charge in [0.15, 0.2) is 0 Å². The second-order valence-electron chi connectivity index (χ2n) is 7.57. The minimum absolute atomic E-state index is 0.0327. The molecule has 1 aromatic heterocycles. The molecule has 1 amide bonds. The monoisotopic (exact) mass is 407 g/mol. The Balaban J connectivity index is 2.07. The van der Waals surface area contributed by atoms with Gasteiger partial charge in [-0.1, -0.05) is 18.2 Å². The van der Waals surface area contributed by atoms with Crippen LogP contribution in [0.1, 0.15) is 38.1 Å². The molecule has 1 N–H and O–H groups in total. The standard InChI is InChI=1S/C22H21N3O3S/c1-22(2,3)28-21(26)25-20(17-8-6-10-27-17)16-13-29-18-9-5-4-7-15(18)19(16)14(11-23)12-24/h4-10,16,20H,13H2,1-3H3,(H,25,26)/t16-,20+/m0/s1. The maximum atomic E-state index is 12.5. The highest BCUT2D eigenvalue weighted by Crippen LogP contribution is 2.46. The highest BCUT2D eigenvalue weighted by molar-refractivity contribution is 7.99. The Morgan fingerprint density at radius 1 is 1.24 bits per heavy atom. The number of alkyl carbamates (subject to hydrolysis) is 1. The summed E-state index contributed by atoms with van der Waals surface area (Å²) in [6.07, 6.45) is 0.944. The van der Waals surface area contributed by atoms with Crippen LogP contribution in [0.3, 0.4) is 0 Å². The van der Waals surface area contributed by atoms with Crippen molar-refractivity contribution in [1.29, 1.82) is 10.5 Å². The van der Waals surface area contributed by atoms with Gasteiger partial charge in [0.05, 0.1) is 12.3 Å². The number of fused-ring (bicyclic) bond motifs is 1. The van der Waals surface area contributed by atoms with Crippen LogP contribution in [-0.2, 0) is 4.74 Å². The van der Waals surface area contributed by atoms with Gasteiger partial charge in [0.25, 0.3) is 0 Å². The van der Waals surface area contributed by atoms with Gasteiger partial charge in [-0.25, -0.2) is 4.79 Å². The lowest BCUT2D eigenvalue weighted by atomic mass is 9.83. The Kier molecular flexibility index (Phi) is 6.00. The molecule has 0 aliphatic carbocycles. The van der Waals surface area contributed by atoms with Crippen molar-refractivity contribution in [2.45, 2.75) is 37.3 Å². The molecule has 7 heteroatoms. The van der Waals surface area contributed by atoms with Crippen molar-refractivity contribution >= 4 is 23.4 Å². The normalized spacial score (nSPS) is 16.7. The van der Waals surface area contributed by atoms with Crippen molar-refractivity contribution < 1.29 is 13.9 Å². The first kappa shape index (κ1) is 20.6. The molecule has 1 aromatic carbocycles. The lowest BCUT2D eigenvalue weighted by molar-refractivity contribution is 0.0487. The summed E-state index contributed by atoms with van der Waals surface area (Å²) < 4.78 is 11.0. The summed E-state index contributed by atoms with van der Waals surface area (Å²) in [4.78, 5) is 13.5. The van der Waals surface area contributed by atoms with E-state index >= 15 is 0 Å². The number of nitrogens with zero attached hydrogens (tertiary/aromatic N) is 2. The van der Waals surface area contributed by atoms with Gasteiger partial charge in [-0.05, 0) is 50.1 Å². The first-order valence-corrected chi connectivity index (χ1v) is 10.1. The van der Waals surface area contributed by atoms with Crippen LogP contribution < -0.4 is 5.32 Å². The molecule has 0 bridgehead atoms. The average Bonchev–Trinajstić information content (AvgIpc) is 3.20. The van der Waals surface area contributed by atoms with Crippen molar-refractivity contribution in [3.8, 4) is 12.1 Å². The highest BCUT2D eigenvalue weighted by atomic mass is 32.2. The first-order valence-electron chi connectivity index (χ1n) is 9.13. The fourth-order valence-corrected chi connectivity index (χ4v) is 4.51. The van der Waals surface area contributed by atoms with Crippen molar-refractivity contribution in [3.63, 3.8) is 0 Å². The fourth-order valence-electron chi connectivity index (χ4n) is 3.28. The third-order valence-corrected chi connectivity index (χ3v) is 5.58. The van der Waals surface area contributed by atoms with Gasteiger partial charge in [-0.15, -0.1) is 11.8 Å². The number of hydrogen-bond donors (Lipinski definition) is 1. The molecular formula is C22H21N3O3S.